The highest BCUT2D eigenvalue weighted by Gasteiger charge is 2.58. The van der Waals surface area contributed by atoms with Gasteiger partial charge in [-0.3, -0.25) is 4.79 Å². The topological polar surface area (TPSA) is 226 Å². The average molecular weight is 1270 g/mol. The molecule has 5 aliphatic carbocycles. The summed E-state index contributed by atoms with van der Waals surface area (Å²) in [5, 5.41) is 72.4. The summed E-state index contributed by atoms with van der Waals surface area (Å²) in [6.45, 7) is 1.43. The van der Waals surface area contributed by atoms with E-state index in [-0.39, 0.29) is 79.0 Å². The molecule has 4 aromatic carbocycles. The number of nitrogens with two attached hydrogens (primary N) is 1. The van der Waals surface area contributed by atoms with Gasteiger partial charge in [-0.2, -0.15) is 0 Å². The van der Waals surface area contributed by atoms with E-state index >= 15 is 0 Å². The van der Waals surface area contributed by atoms with Gasteiger partial charge in [0.05, 0.1) is 36.5 Å². The number of aliphatic hydroxyl groups is 3. The van der Waals surface area contributed by atoms with Crippen LogP contribution in [0.4, 0.5) is 0 Å². The third-order valence-corrected chi connectivity index (χ3v) is 25.2. The van der Waals surface area contributed by atoms with Gasteiger partial charge in [0.15, 0.2) is 18.3 Å². The van der Waals surface area contributed by atoms with Crippen molar-refractivity contribution in [1.82, 2.24) is 16.0 Å². The Morgan fingerprint density at radius 3 is 2.66 bits per heavy atom. The molecular formula is C74H84N4O11S2. The zero-order valence-electron chi connectivity index (χ0n) is 51.9. The van der Waals surface area contributed by atoms with Crippen LogP contribution in [0.2, 0.25) is 0 Å². The van der Waals surface area contributed by atoms with Crippen molar-refractivity contribution in [3.63, 3.8) is 0 Å². The van der Waals surface area contributed by atoms with Crippen molar-refractivity contribution in [3.05, 3.63) is 128 Å². The number of hydrogen-bond donors (Lipinski definition) is 9. The number of nitrogens with one attached hydrogen (secondary N) is 3. The molecule has 4 aromatic rings. The molecule has 11 aliphatic rings. The first-order chi connectivity index (χ1) is 44.4. The van der Waals surface area contributed by atoms with Gasteiger partial charge in [-0.1, -0.05) is 113 Å². The predicted octanol–water partition coefficient (Wildman–Crippen LogP) is 9.59. The smallest absolute Gasteiger partial charge is 0.302 e. The molecule has 3 saturated carbocycles. The molecule has 10 N–H and O–H groups in total. The number of hydrogen-bond acceptors (Lipinski definition) is 17. The first-order valence-electron chi connectivity index (χ1n) is 33.3. The minimum absolute atomic E-state index is 0.0314. The molecule has 91 heavy (non-hydrogen) atoms. The van der Waals surface area contributed by atoms with E-state index in [1.165, 1.54) is 13.3 Å². The summed E-state index contributed by atoms with van der Waals surface area (Å²) in [7, 11) is 5.42. The summed E-state index contributed by atoms with van der Waals surface area (Å²) in [6, 6.07) is 16.6. The molecule has 1 unspecified atom stereocenters. The third kappa shape index (κ3) is 10.7. The summed E-state index contributed by atoms with van der Waals surface area (Å²) in [5.41, 5.74) is 16.2. The van der Waals surface area contributed by atoms with E-state index in [2.05, 4.69) is 94.3 Å². The van der Waals surface area contributed by atoms with E-state index in [0.717, 1.165) is 95.2 Å². The Morgan fingerprint density at radius 1 is 0.923 bits per heavy atom. The van der Waals surface area contributed by atoms with Gasteiger partial charge >= 0.3 is 5.97 Å². The van der Waals surface area contributed by atoms with Gasteiger partial charge in [-0.05, 0) is 127 Å². The van der Waals surface area contributed by atoms with Crippen molar-refractivity contribution in [1.29, 1.82) is 0 Å². The fourth-order valence-corrected chi connectivity index (χ4v) is 21.4. The summed E-state index contributed by atoms with van der Waals surface area (Å²) < 4.78 is 34.1. The average Bonchev–Trinajstić information content (AvgIpc) is 1.61. The lowest BCUT2D eigenvalue weighted by atomic mass is 9.54. The van der Waals surface area contributed by atoms with Crippen LogP contribution in [0.1, 0.15) is 146 Å². The maximum atomic E-state index is 13.7. The van der Waals surface area contributed by atoms with Gasteiger partial charge in [-0.15, -0.1) is 0 Å². The van der Waals surface area contributed by atoms with Gasteiger partial charge in [0.25, 0.3) is 0 Å². The Hall–Kier alpha value is -6.09. The Labute approximate surface area is 541 Å². The number of esters is 1. The van der Waals surface area contributed by atoms with E-state index in [4.69, 9.17) is 29.4 Å². The lowest BCUT2D eigenvalue weighted by Crippen LogP contribution is -2.52. The van der Waals surface area contributed by atoms with Crippen molar-refractivity contribution in [2.75, 3.05) is 51.8 Å². The first kappa shape index (κ1) is 61.1. The second kappa shape index (κ2) is 25.0. The van der Waals surface area contributed by atoms with Crippen LogP contribution in [0.3, 0.4) is 0 Å². The zero-order chi connectivity index (χ0) is 62.3. The third-order valence-electron chi connectivity index (χ3n) is 22.7. The molecule has 0 aromatic heterocycles. The molecule has 6 heterocycles. The van der Waals surface area contributed by atoms with Gasteiger partial charge in [0.1, 0.15) is 42.0 Å². The van der Waals surface area contributed by atoms with Crippen molar-refractivity contribution < 1.29 is 54.0 Å². The van der Waals surface area contributed by atoms with Crippen LogP contribution in [0.25, 0.3) is 17.2 Å². The number of aromatic hydroxyl groups is 2. The number of dihydropyridines is 1. The van der Waals surface area contributed by atoms with Crippen LogP contribution < -0.4 is 35.9 Å². The van der Waals surface area contributed by atoms with Crippen LogP contribution in [0.15, 0.2) is 78.0 Å². The molecule has 15 nitrogen and oxygen atoms in total. The molecule has 1 saturated heterocycles. The fourth-order valence-electron chi connectivity index (χ4n) is 18.8. The fraction of sp³-hybridized carbons (Fsp3) is 0.527. The Morgan fingerprint density at radius 2 is 1.81 bits per heavy atom. The second-order valence-corrected chi connectivity index (χ2v) is 30.4. The standard InChI is InChI=1S/C74H84N4O11S2/c1-40(81)86-36-57-51-15-16-53-64-46(28-50(82)29-60(64)87-39-80)31-73-24-22-45(30-73)67-52-18-21-63(75)78-58(52)19-14-43-12-13-44(25-41-7-5-9-48(26-41)74(67)23-4-3-11-62(74)83)56(35-85-2)47(34-79)32-76-33-55-65(43)66(70(57)89-71(51)68(53)73)54-17-20-59-61(88-72(54)69(55)84)38-91-90-37-42-8-6-10-49(27-42)77-59/h5,7,9,15-18,20-21,26,28-29,42-45,47,49,56-57,59,61-63,67,70,76-80,82-84H,3-4,6,8,10-11,22-25,27,30-39,75H2,1-2H3/t42-,43+,44+,45+,47-,49+,56+,57-,59-,61+,62-,63?,67-,70-,73+,74-/m0/s1. The SMILES string of the molecule is COC[C@H]1[C@H](CO)CNCc2c(O)c3c(c4c2[C@H]2C#CC5=C(C=CC(N)N5)[C@H]([C@@H]5CC[C@]6(Cc7cc(O)cc(OCO)c7-c7ccc8c(c76)O[C@H]4[C@H]8COC(C)=O)C5)[C@@]4(CCCC[C@@H]4O)c4cccc(c4)C[C@H]1C#C2)C=C[C@@H]1N[C@@H]2CCC[C@H](CSSC[C@H]1O3)C2. The number of allylic oxidation sites excluding steroid dienone is 3. The monoisotopic (exact) mass is 1270 g/mol. The van der Waals surface area contributed by atoms with Crippen LogP contribution in [0.5, 0.6) is 28.7 Å². The number of phenols is 2. The number of ether oxygens (including phenoxy) is 5. The maximum Gasteiger partial charge on any atom is 0.302 e. The summed E-state index contributed by atoms with van der Waals surface area (Å²) in [4.78, 5) is 13.5. The first-order valence-corrected chi connectivity index (χ1v) is 35.7. The maximum absolute atomic E-state index is 13.7. The molecular weight excluding hydrogens is 1180 g/mol. The molecule has 16 atom stereocenters. The number of aliphatic hydroxyl groups excluding tert-OH is 3. The molecule has 15 rings (SSSR count). The quantitative estimate of drug-likeness (QED) is 0.0363. The molecule has 11 bridgehead atoms. The number of fused-ring (bicyclic) bond motifs is 16. The van der Waals surface area contributed by atoms with Crippen LogP contribution in [-0.2, 0) is 44.5 Å². The van der Waals surface area contributed by atoms with Crippen molar-refractivity contribution in [3.8, 4) is 63.6 Å². The van der Waals surface area contributed by atoms with Gasteiger partial charge in [-0.25, -0.2) is 0 Å². The highest BCUT2D eigenvalue weighted by molar-refractivity contribution is 8.76. The molecule has 0 radical (unpaired) electrons. The van der Waals surface area contributed by atoms with Crippen LogP contribution in [0, 0.1) is 59.2 Å². The largest absolute Gasteiger partial charge is 0.508 e. The number of phenolic OH excluding ortho intramolecular Hbond substituents is 2. The van der Waals surface area contributed by atoms with Gasteiger partial charge < -0.3 is 70.9 Å². The predicted molar refractivity (Wildman–Crippen MR) is 352 cm³/mol. The van der Waals surface area contributed by atoms with E-state index in [1.54, 1.807) is 13.2 Å². The number of carbonyl (C=O) groups excluding carboxylic acids is 1. The van der Waals surface area contributed by atoms with E-state index in [1.807, 2.05) is 33.7 Å². The highest BCUT2D eigenvalue weighted by Crippen LogP contribution is 2.66. The second-order valence-electron chi connectivity index (χ2n) is 27.8. The lowest BCUT2D eigenvalue weighted by Gasteiger charge is -2.51. The summed E-state index contributed by atoms with van der Waals surface area (Å²) >= 11 is 0. The molecule has 0 amide bonds. The highest BCUT2D eigenvalue weighted by atomic mass is 33.1. The molecule has 478 valence electrons. The summed E-state index contributed by atoms with van der Waals surface area (Å²) in [6.07, 6.45) is 16.7. The van der Waals surface area contributed by atoms with Crippen molar-refractivity contribution in [2.24, 2.45) is 41.2 Å². The summed E-state index contributed by atoms with van der Waals surface area (Å²) in [5.74, 6) is 15.7. The van der Waals surface area contributed by atoms with E-state index in [9.17, 15) is 30.3 Å². The molecule has 17 heteroatoms. The molecule has 2 spiro atoms. The minimum Gasteiger partial charge on any atom is -0.508 e. The van der Waals surface area contributed by atoms with Crippen LogP contribution in [-0.4, -0.2) is 114 Å². The van der Waals surface area contributed by atoms with Gasteiger partial charge in [0, 0.05) is 125 Å². The lowest BCUT2D eigenvalue weighted by molar-refractivity contribution is -0.141. The van der Waals surface area contributed by atoms with Crippen LogP contribution >= 0.6 is 21.6 Å². The van der Waals surface area contributed by atoms with E-state index < -0.39 is 53.8 Å². The normalized spacial score (nSPS) is 33.9. The van der Waals surface area contributed by atoms with Crippen molar-refractivity contribution in [2.45, 2.75) is 156 Å². The Kier molecular flexibility index (Phi) is 16.8. The Balaban J connectivity index is 1.08. The number of carbonyl (C=O) groups is 1. The number of benzene rings is 4. The number of rotatable bonds is 7. The zero-order valence-corrected chi connectivity index (χ0v) is 53.6. The van der Waals surface area contributed by atoms with Crippen molar-refractivity contribution >= 4 is 33.6 Å². The van der Waals surface area contributed by atoms with Gasteiger partial charge in [0.2, 0.25) is 0 Å². The molecule has 6 aliphatic heterocycles. The minimum atomic E-state index is -0.929. The molecule has 4 fully saturated rings. The van der Waals surface area contributed by atoms with E-state index in [0.29, 0.717) is 102 Å². The Bertz CT molecular complexity index is 3770. The number of methoxy groups -OCH3 is 1.